The van der Waals surface area contributed by atoms with Gasteiger partial charge >= 0.3 is 0 Å². The number of amides is 1. The Hall–Kier alpha value is -0.850. The summed E-state index contributed by atoms with van der Waals surface area (Å²) >= 11 is 0. The number of nitrogens with one attached hydrogen (secondary N) is 1. The van der Waals surface area contributed by atoms with Gasteiger partial charge in [0.25, 0.3) is 0 Å². The highest BCUT2D eigenvalue weighted by Gasteiger charge is 2.14. The Morgan fingerprint density at radius 3 is 2.50 bits per heavy atom. The van der Waals surface area contributed by atoms with E-state index < -0.39 is 6.04 Å². The largest absolute Gasteiger partial charge is 0.383 e. The number of ether oxygens (including phenoxy) is 1. The predicted molar refractivity (Wildman–Crippen MR) is 94.9 cm³/mol. The second-order valence-electron chi connectivity index (χ2n) is 4.83. The van der Waals surface area contributed by atoms with Crippen molar-refractivity contribution in [2.45, 2.75) is 12.5 Å². The molecule has 0 spiro atoms. The molecule has 0 saturated heterocycles. The Bertz CT molecular complexity index is 394. The minimum absolute atomic E-state index is 0. The van der Waals surface area contributed by atoms with E-state index >= 15 is 0 Å². The molecule has 1 rings (SSSR count). The number of hydrogen-bond acceptors (Lipinski definition) is 4. The van der Waals surface area contributed by atoms with Crippen molar-refractivity contribution >= 4 is 30.7 Å². The van der Waals surface area contributed by atoms with Crippen molar-refractivity contribution in [3.05, 3.63) is 35.9 Å². The van der Waals surface area contributed by atoms with Gasteiger partial charge in [0, 0.05) is 20.2 Å². The van der Waals surface area contributed by atoms with Gasteiger partial charge in [-0.3, -0.25) is 4.79 Å². The van der Waals surface area contributed by atoms with Crippen LogP contribution in [0.3, 0.4) is 0 Å². The normalized spacial score (nSPS) is 11.3. The van der Waals surface area contributed by atoms with Crippen molar-refractivity contribution in [1.82, 2.24) is 10.2 Å². The Morgan fingerprint density at radius 2 is 1.91 bits per heavy atom. The number of nitrogens with zero attached hydrogens (tertiary/aromatic N) is 1. The average Bonchev–Trinajstić information content (AvgIpc) is 2.49. The first-order valence-electron chi connectivity index (χ1n) is 6.91. The number of halogens is 2. The fraction of sp³-hybridized carbons (Fsp3) is 0.533. The Morgan fingerprint density at radius 1 is 1.27 bits per heavy atom. The lowest BCUT2D eigenvalue weighted by Crippen LogP contribution is -2.36. The van der Waals surface area contributed by atoms with E-state index in [9.17, 15) is 4.79 Å². The summed E-state index contributed by atoms with van der Waals surface area (Å²) in [7, 11) is 3.73. The molecule has 22 heavy (non-hydrogen) atoms. The van der Waals surface area contributed by atoms with Crippen LogP contribution < -0.4 is 11.1 Å². The summed E-state index contributed by atoms with van der Waals surface area (Å²) in [6, 6.07) is 8.80. The van der Waals surface area contributed by atoms with Crippen LogP contribution in [-0.4, -0.2) is 51.2 Å². The third kappa shape index (κ3) is 9.23. The molecule has 1 atom stereocenters. The Balaban J connectivity index is 0. The SMILES string of the molecule is COCCN(C)CCCNC(=O)C(N)c1ccccc1.Cl.Cl. The maximum Gasteiger partial charge on any atom is 0.241 e. The fourth-order valence-corrected chi connectivity index (χ4v) is 1.84. The minimum atomic E-state index is -0.595. The van der Waals surface area contributed by atoms with Gasteiger partial charge in [0.2, 0.25) is 5.91 Å². The summed E-state index contributed by atoms with van der Waals surface area (Å²) in [4.78, 5) is 14.1. The van der Waals surface area contributed by atoms with Gasteiger partial charge in [0.1, 0.15) is 6.04 Å². The number of methoxy groups -OCH3 is 1. The standard InChI is InChI=1S/C15H25N3O2.2ClH/c1-18(11-12-20-2)10-6-9-17-15(19)14(16)13-7-4-3-5-8-13;;/h3-5,7-8,14H,6,9-12,16H2,1-2H3,(H,17,19);2*1H. The number of benzene rings is 1. The molecular weight excluding hydrogens is 325 g/mol. The van der Waals surface area contributed by atoms with Crippen molar-refractivity contribution < 1.29 is 9.53 Å². The molecule has 1 aromatic carbocycles. The van der Waals surface area contributed by atoms with E-state index in [0.717, 1.165) is 31.7 Å². The Labute approximate surface area is 145 Å². The number of carbonyl (C=O) groups excluding carboxylic acids is 1. The van der Waals surface area contributed by atoms with Crippen LogP contribution in [0, 0.1) is 0 Å². The van der Waals surface area contributed by atoms with Crippen molar-refractivity contribution in [1.29, 1.82) is 0 Å². The average molecular weight is 352 g/mol. The van der Waals surface area contributed by atoms with Crippen LogP contribution in [0.5, 0.6) is 0 Å². The van der Waals surface area contributed by atoms with E-state index in [1.165, 1.54) is 0 Å². The number of likely N-dealkylation sites (N-methyl/N-ethyl adjacent to an activating group) is 1. The lowest BCUT2D eigenvalue weighted by Gasteiger charge is -2.17. The molecule has 128 valence electrons. The molecule has 1 amide bonds. The zero-order chi connectivity index (χ0) is 14.8. The van der Waals surface area contributed by atoms with Gasteiger partial charge < -0.3 is 20.7 Å². The molecule has 0 fully saturated rings. The molecule has 3 N–H and O–H groups in total. The maximum atomic E-state index is 11.9. The summed E-state index contributed by atoms with van der Waals surface area (Å²) in [5, 5.41) is 2.87. The first-order chi connectivity index (χ1) is 9.65. The Kier molecular flexibility index (Phi) is 14.7. The predicted octanol–water partition coefficient (Wildman–Crippen LogP) is 1.61. The molecule has 0 aromatic heterocycles. The molecule has 1 unspecified atom stereocenters. The maximum absolute atomic E-state index is 11.9. The van der Waals surface area contributed by atoms with E-state index in [-0.39, 0.29) is 30.7 Å². The third-order valence-corrected chi connectivity index (χ3v) is 3.13. The van der Waals surface area contributed by atoms with Gasteiger partial charge in [-0.25, -0.2) is 0 Å². The van der Waals surface area contributed by atoms with Crippen LogP contribution in [0.1, 0.15) is 18.0 Å². The summed E-state index contributed by atoms with van der Waals surface area (Å²) in [5.41, 5.74) is 6.74. The summed E-state index contributed by atoms with van der Waals surface area (Å²) < 4.78 is 5.01. The molecule has 0 heterocycles. The first kappa shape index (κ1) is 23.4. The van der Waals surface area contributed by atoms with E-state index in [2.05, 4.69) is 10.2 Å². The van der Waals surface area contributed by atoms with Crippen LogP contribution in [0.4, 0.5) is 0 Å². The highest BCUT2D eigenvalue weighted by atomic mass is 35.5. The van der Waals surface area contributed by atoms with Gasteiger partial charge in [-0.15, -0.1) is 24.8 Å². The quantitative estimate of drug-likeness (QED) is 0.663. The minimum Gasteiger partial charge on any atom is -0.383 e. The number of carbonyl (C=O) groups is 1. The second-order valence-corrected chi connectivity index (χ2v) is 4.83. The zero-order valence-corrected chi connectivity index (χ0v) is 14.8. The van der Waals surface area contributed by atoms with Crippen molar-refractivity contribution in [3.8, 4) is 0 Å². The number of nitrogens with two attached hydrogens (primary N) is 1. The van der Waals surface area contributed by atoms with Crippen molar-refractivity contribution in [3.63, 3.8) is 0 Å². The van der Waals surface area contributed by atoms with Gasteiger partial charge in [0.15, 0.2) is 0 Å². The van der Waals surface area contributed by atoms with Gasteiger partial charge in [-0.2, -0.15) is 0 Å². The highest BCUT2D eigenvalue weighted by molar-refractivity contribution is 5.85. The smallest absolute Gasteiger partial charge is 0.241 e. The molecule has 0 aliphatic carbocycles. The second kappa shape index (κ2) is 13.8. The molecule has 0 radical (unpaired) electrons. The molecule has 0 aliphatic heterocycles. The van der Waals surface area contributed by atoms with Crippen LogP contribution >= 0.6 is 24.8 Å². The van der Waals surface area contributed by atoms with E-state index in [1.54, 1.807) is 7.11 Å². The van der Waals surface area contributed by atoms with E-state index in [0.29, 0.717) is 6.54 Å². The van der Waals surface area contributed by atoms with Crippen LogP contribution in [0.2, 0.25) is 0 Å². The molecular formula is C15H27Cl2N3O2. The molecule has 0 aliphatic rings. The lowest BCUT2D eigenvalue weighted by atomic mass is 10.1. The number of hydrogen-bond donors (Lipinski definition) is 2. The summed E-state index contributed by atoms with van der Waals surface area (Å²) in [6.07, 6.45) is 0.896. The van der Waals surface area contributed by atoms with E-state index in [4.69, 9.17) is 10.5 Å². The van der Waals surface area contributed by atoms with Gasteiger partial charge in [-0.1, -0.05) is 30.3 Å². The molecule has 0 bridgehead atoms. The molecule has 7 heteroatoms. The first-order valence-corrected chi connectivity index (χ1v) is 6.91. The van der Waals surface area contributed by atoms with Crippen molar-refractivity contribution in [2.24, 2.45) is 5.73 Å². The van der Waals surface area contributed by atoms with Crippen LogP contribution in [0.25, 0.3) is 0 Å². The topological polar surface area (TPSA) is 67.6 Å². The summed E-state index contributed by atoms with van der Waals surface area (Å²) in [6.45, 7) is 3.18. The summed E-state index contributed by atoms with van der Waals surface area (Å²) in [5.74, 6) is -0.129. The number of rotatable bonds is 9. The molecule has 5 nitrogen and oxygen atoms in total. The van der Waals surface area contributed by atoms with Crippen LogP contribution in [0.15, 0.2) is 30.3 Å². The lowest BCUT2D eigenvalue weighted by molar-refractivity contribution is -0.122. The highest BCUT2D eigenvalue weighted by Crippen LogP contribution is 2.08. The molecule has 0 saturated carbocycles. The fourth-order valence-electron chi connectivity index (χ4n) is 1.84. The van der Waals surface area contributed by atoms with Crippen LogP contribution in [-0.2, 0) is 9.53 Å². The monoisotopic (exact) mass is 351 g/mol. The van der Waals surface area contributed by atoms with E-state index in [1.807, 2.05) is 37.4 Å². The molecule has 1 aromatic rings. The third-order valence-electron chi connectivity index (χ3n) is 3.13. The van der Waals surface area contributed by atoms with Gasteiger partial charge in [-0.05, 0) is 25.6 Å². The van der Waals surface area contributed by atoms with Crippen molar-refractivity contribution in [2.75, 3.05) is 40.4 Å². The van der Waals surface area contributed by atoms with Gasteiger partial charge in [0.05, 0.1) is 6.61 Å². The zero-order valence-electron chi connectivity index (χ0n) is 13.2.